The van der Waals surface area contributed by atoms with Crippen molar-refractivity contribution in [1.29, 1.82) is 0 Å². The smallest absolute Gasteiger partial charge is 0.369 e. The van der Waals surface area contributed by atoms with Gasteiger partial charge in [-0.1, -0.05) is 48.5 Å². The van der Waals surface area contributed by atoms with E-state index in [4.69, 9.17) is 9.97 Å². The van der Waals surface area contributed by atoms with Crippen molar-refractivity contribution in [2.24, 2.45) is 0 Å². The van der Waals surface area contributed by atoms with E-state index in [1.54, 1.807) is 0 Å². The van der Waals surface area contributed by atoms with Gasteiger partial charge >= 0.3 is 6.85 Å². The molecule has 0 spiro atoms. The first-order chi connectivity index (χ1) is 15.9. The van der Waals surface area contributed by atoms with E-state index in [1.807, 2.05) is 0 Å². The van der Waals surface area contributed by atoms with Crippen LogP contribution in [0.1, 0.15) is 0 Å². The Bertz CT molecular complexity index is 1590. The first kappa shape index (κ1) is 16.4. The molecule has 5 nitrogen and oxygen atoms in total. The lowest BCUT2D eigenvalue weighted by atomic mass is 9.55. The normalized spacial score (nSPS) is 13.5. The molecule has 0 saturated carbocycles. The van der Waals surface area contributed by atoms with Crippen molar-refractivity contribution < 1.29 is 0 Å². The molecule has 6 heteroatoms. The molecule has 6 aromatic rings. The fourth-order valence-corrected chi connectivity index (χ4v) is 5.43. The van der Waals surface area contributed by atoms with Crippen molar-refractivity contribution in [1.82, 2.24) is 19.1 Å². The highest BCUT2D eigenvalue weighted by Gasteiger charge is 2.46. The highest BCUT2D eigenvalue weighted by Crippen LogP contribution is 2.41. The second kappa shape index (κ2) is 5.68. The van der Waals surface area contributed by atoms with E-state index in [0.717, 1.165) is 44.9 Å². The Kier molecular flexibility index (Phi) is 2.91. The minimum absolute atomic E-state index is 0.125. The molecule has 32 heavy (non-hydrogen) atoms. The lowest BCUT2D eigenvalue weighted by Gasteiger charge is -2.41. The Hall–Kier alpha value is -4.32. The van der Waals surface area contributed by atoms with E-state index in [9.17, 15) is 0 Å². The summed E-state index contributed by atoms with van der Waals surface area (Å²) in [6.45, 7) is -0.125. The summed E-state index contributed by atoms with van der Waals surface area (Å²) in [5.41, 5.74) is 10.9. The highest BCUT2D eigenvalue weighted by molar-refractivity contribution is 6.88. The number of fused-ring (bicyclic) bond motifs is 15. The molecule has 0 aliphatic carbocycles. The molecule has 4 heterocycles. The van der Waals surface area contributed by atoms with Crippen molar-refractivity contribution in [2.45, 2.75) is 0 Å². The molecular weight excluding hydrogens is 393 g/mol. The van der Waals surface area contributed by atoms with Crippen LogP contribution >= 0.6 is 0 Å². The summed E-state index contributed by atoms with van der Waals surface area (Å²) < 4.78 is 4.62. The third-order valence-electron chi connectivity index (χ3n) is 6.69. The van der Waals surface area contributed by atoms with Gasteiger partial charge in [-0.05, 0) is 48.5 Å². The number of benzene rings is 4. The fourth-order valence-electron chi connectivity index (χ4n) is 5.43. The Morgan fingerprint density at radius 1 is 0.469 bits per heavy atom. The van der Waals surface area contributed by atoms with E-state index in [2.05, 4.69) is 111 Å². The van der Waals surface area contributed by atoms with Crippen molar-refractivity contribution in [3.63, 3.8) is 0 Å². The quantitative estimate of drug-likeness (QED) is 0.357. The largest absolute Gasteiger partial charge is 0.411 e. The molecule has 0 bridgehead atoms. The van der Waals surface area contributed by atoms with E-state index < -0.39 is 0 Å². The van der Waals surface area contributed by atoms with Crippen LogP contribution in [0.15, 0.2) is 97.1 Å². The fraction of sp³-hybridized carbons (Fsp3) is 0. The van der Waals surface area contributed by atoms with Crippen LogP contribution in [0.2, 0.25) is 0 Å². The molecule has 0 fully saturated rings. The van der Waals surface area contributed by atoms with Crippen LogP contribution in [0.4, 0.5) is 11.4 Å². The van der Waals surface area contributed by atoms with E-state index in [0.29, 0.717) is 0 Å². The Labute approximate surface area is 184 Å². The van der Waals surface area contributed by atoms with Gasteiger partial charge in [0.25, 0.3) is 0 Å². The summed E-state index contributed by atoms with van der Waals surface area (Å²) in [7, 11) is 0. The molecule has 0 N–H and O–H groups in total. The number of nitrogens with zero attached hydrogens (tertiary/aromatic N) is 5. The first-order valence-electron chi connectivity index (χ1n) is 10.8. The number of anilines is 2. The van der Waals surface area contributed by atoms with E-state index in [1.165, 1.54) is 11.4 Å². The minimum Gasteiger partial charge on any atom is -0.369 e. The summed E-state index contributed by atoms with van der Waals surface area (Å²) in [6.07, 6.45) is 0. The van der Waals surface area contributed by atoms with Gasteiger partial charge in [0.15, 0.2) is 0 Å². The molecule has 8 rings (SSSR count). The lowest BCUT2D eigenvalue weighted by molar-refractivity contribution is 1.05. The van der Waals surface area contributed by atoms with Crippen LogP contribution in [0, 0.1) is 0 Å². The van der Waals surface area contributed by atoms with Crippen molar-refractivity contribution in [3.05, 3.63) is 97.1 Å². The summed E-state index contributed by atoms with van der Waals surface area (Å²) >= 11 is 0. The number of para-hydroxylation sites is 8. The minimum atomic E-state index is -0.125. The van der Waals surface area contributed by atoms with Crippen molar-refractivity contribution >= 4 is 51.7 Å². The first-order valence-corrected chi connectivity index (χ1v) is 10.8. The zero-order valence-electron chi connectivity index (χ0n) is 17.1. The topological polar surface area (TPSA) is 38.9 Å². The molecule has 0 amide bonds. The lowest BCUT2D eigenvalue weighted by Crippen LogP contribution is -2.64. The second-order valence-corrected chi connectivity index (χ2v) is 8.34. The molecule has 2 aliphatic heterocycles. The second-order valence-electron chi connectivity index (χ2n) is 8.34. The number of rotatable bonds is 0. The third-order valence-corrected chi connectivity index (χ3v) is 6.69. The van der Waals surface area contributed by atoms with Crippen LogP contribution in [0.5, 0.6) is 0 Å². The van der Waals surface area contributed by atoms with E-state index >= 15 is 0 Å². The van der Waals surface area contributed by atoms with Gasteiger partial charge in [0.2, 0.25) is 0 Å². The van der Waals surface area contributed by atoms with Gasteiger partial charge < -0.3 is 4.81 Å². The summed E-state index contributed by atoms with van der Waals surface area (Å²) in [5, 5.41) is 0. The third kappa shape index (κ3) is 1.86. The molecule has 0 atom stereocenters. The molecule has 0 saturated heterocycles. The Balaban J connectivity index is 1.57. The van der Waals surface area contributed by atoms with Crippen LogP contribution in [-0.2, 0) is 0 Å². The predicted octanol–water partition coefficient (Wildman–Crippen LogP) is 3.94. The SMILES string of the molecule is c1ccc2c(c1)N1B(c3nc4ccccc4n3-2)c2nc3ccccc3n2-c2ccccc21. The number of hydrogen-bond donors (Lipinski definition) is 0. The predicted molar refractivity (Wildman–Crippen MR) is 129 cm³/mol. The van der Waals surface area contributed by atoms with Gasteiger partial charge in [-0.3, -0.25) is 9.13 Å². The Morgan fingerprint density at radius 2 is 0.875 bits per heavy atom. The number of aromatic nitrogens is 4. The zero-order valence-corrected chi connectivity index (χ0v) is 17.1. The molecule has 0 unspecified atom stereocenters. The van der Waals surface area contributed by atoms with Gasteiger partial charge in [0.05, 0.1) is 44.8 Å². The van der Waals surface area contributed by atoms with Crippen molar-refractivity contribution in [2.75, 3.05) is 4.81 Å². The Morgan fingerprint density at radius 3 is 1.38 bits per heavy atom. The maximum Gasteiger partial charge on any atom is 0.411 e. The average molecular weight is 409 g/mol. The summed E-state index contributed by atoms with van der Waals surface area (Å²) in [6, 6.07) is 33.9. The van der Waals surface area contributed by atoms with E-state index in [-0.39, 0.29) is 6.85 Å². The standard InChI is InChI=1S/C26H16BN5/c1-3-11-19-17(9-1)28-25-27-26-29-18-10-2-4-12-20(18)31(26)22-14-6-8-16-24(22)32(27)23-15-7-5-13-21(23)30(19)25/h1-16H. The van der Waals surface area contributed by atoms with Gasteiger partial charge in [0, 0.05) is 0 Å². The highest BCUT2D eigenvalue weighted by atomic mass is 15.3. The van der Waals surface area contributed by atoms with Gasteiger partial charge in [-0.25, -0.2) is 9.97 Å². The monoisotopic (exact) mass is 409 g/mol. The van der Waals surface area contributed by atoms with Gasteiger partial charge in [0.1, 0.15) is 11.4 Å². The molecule has 4 aromatic carbocycles. The maximum atomic E-state index is 5.15. The van der Waals surface area contributed by atoms with Crippen LogP contribution in [0.25, 0.3) is 33.4 Å². The molecular formula is C26H16BN5. The molecule has 0 radical (unpaired) electrons. The number of imidazole rings is 2. The zero-order chi connectivity index (χ0) is 20.8. The van der Waals surface area contributed by atoms with Crippen LogP contribution in [-0.4, -0.2) is 25.9 Å². The summed E-state index contributed by atoms with van der Waals surface area (Å²) in [5.74, 6) is 0. The van der Waals surface area contributed by atoms with Crippen molar-refractivity contribution in [3.8, 4) is 11.4 Å². The molecule has 148 valence electrons. The average Bonchev–Trinajstić information content (AvgIpc) is 3.43. The molecule has 2 aromatic heterocycles. The summed E-state index contributed by atoms with van der Waals surface area (Å²) in [4.78, 5) is 12.7. The van der Waals surface area contributed by atoms with Crippen LogP contribution < -0.4 is 16.3 Å². The number of hydrogen-bond acceptors (Lipinski definition) is 3. The molecule has 2 aliphatic rings. The maximum absolute atomic E-state index is 5.15. The van der Waals surface area contributed by atoms with Crippen LogP contribution in [0.3, 0.4) is 0 Å². The van der Waals surface area contributed by atoms with Gasteiger partial charge in [-0.15, -0.1) is 0 Å². The van der Waals surface area contributed by atoms with Gasteiger partial charge in [-0.2, -0.15) is 0 Å².